The zero-order chi connectivity index (χ0) is 13.7. The Morgan fingerprint density at radius 1 is 1.42 bits per heavy atom. The molecular weight excluding hydrogens is 258 g/mol. The Labute approximate surface area is 120 Å². The fourth-order valence-electron chi connectivity index (χ4n) is 2.50. The van der Waals surface area contributed by atoms with Crippen LogP contribution in [0, 0.1) is 5.92 Å². The molecular formula is C14H25N3OS. The number of thiazole rings is 1. The topological polar surface area (TPSA) is 37.4 Å². The standard InChI is InChI=1S/C14H25N3OS/c1-4-12-13(9-15-2)19-14(16-12)17(3)10-11-5-7-18-8-6-11/h11,15H,4-10H2,1-3H3. The average molecular weight is 283 g/mol. The van der Waals surface area contributed by atoms with Crippen LogP contribution in [0.2, 0.25) is 0 Å². The summed E-state index contributed by atoms with van der Waals surface area (Å²) in [7, 11) is 4.15. The van der Waals surface area contributed by atoms with Gasteiger partial charge in [-0.15, -0.1) is 11.3 Å². The Kier molecular flexibility index (Phi) is 5.60. The molecule has 1 N–H and O–H groups in total. The van der Waals surface area contributed by atoms with Gasteiger partial charge in [-0.25, -0.2) is 4.98 Å². The molecule has 2 heterocycles. The molecule has 0 radical (unpaired) electrons. The van der Waals surface area contributed by atoms with Crippen molar-refractivity contribution in [2.45, 2.75) is 32.7 Å². The Bertz CT molecular complexity index is 388. The second-order valence-corrected chi connectivity index (χ2v) is 6.25. The quantitative estimate of drug-likeness (QED) is 0.869. The lowest BCUT2D eigenvalue weighted by Crippen LogP contribution is -2.29. The maximum atomic E-state index is 5.42. The predicted molar refractivity (Wildman–Crippen MR) is 81.1 cm³/mol. The van der Waals surface area contributed by atoms with Gasteiger partial charge >= 0.3 is 0 Å². The van der Waals surface area contributed by atoms with Crippen molar-refractivity contribution in [3.8, 4) is 0 Å². The molecule has 2 rings (SSSR count). The molecule has 5 heteroatoms. The maximum Gasteiger partial charge on any atom is 0.185 e. The number of aromatic nitrogens is 1. The van der Waals surface area contributed by atoms with Gasteiger partial charge in [0, 0.05) is 38.2 Å². The molecule has 1 aliphatic rings. The van der Waals surface area contributed by atoms with Crippen molar-refractivity contribution in [1.29, 1.82) is 0 Å². The molecule has 0 saturated carbocycles. The minimum absolute atomic E-state index is 0.750. The van der Waals surface area contributed by atoms with E-state index in [1.165, 1.54) is 23.4 Å². The molecule has 4 nitrogen and oxygen atoms in total. The summed E-state index contributed by atoms with van der Waals surface area (Å²) >= 11 is 1.83. The van der Waals surface area contributed by atoms with E-state index in [9.17, 15) is 0 Å². The molecule has 1 aromatic heterocycles. The number of nitrogens with zero attached hydrogens (tertiary/aromatic N) is 2. The molecule has 19 heavy (non-hydrogen) atoms. The average Bonchev–Trinajstić information content (AvgIpc) is 2.83. The third kappa shape index (κ3) is 3.91. The number of aryl methyl sites for hydroxylation is 1. The molecule has 0 aromatic carbocycles. The highest BCUT2D eigenvalue weighted by molar-refractivity contribution is 7.15. The number of rotatable bonds is 6. The van der Waals surface area contributed by atoms with Crippen LogP contribution in [0.15, 0.2) is 0 Å². The molecule has 0 unspecified atom stereocenters. The molecule has 108 valence electrons. The van der Waals surface area contributed by atoms with Gasteiger partial charge in [0.2, 0.25) is 0 Å². The van der Waals surface area contributed by atoms with Gasteiger partial charge in [0.15, 0.2) is 5.13 Å². The first-order chi connectivity index (χ1) is 9.24. The highest BCUT2D eigenvalue weighted by atomic mass is 32.1. The Balaban J connectivity index is 1.99. The summed E-state index contributed by atoms with van der Waals surface area (Å²) < 4.78 is 5.42. The largest absolute Gasteiger partial charge is 0.381 e. The van der Waals surface area contributed by atoms with Crippen molar-refractivity contribution in [3.63, 3.8) is 0 Å². The zero-order valence-electron chi connectivity index (χ0n) is 12.2. The Morgan fingerprint density at radius 3 is 2.79 bits per heavy atom. The lowest BCUT2D eigenvalue weighted by atomic mass is 10.0. The van der Waals surface area contributed by atoms with Gasteiger partial charge < -0.3 is 15.0 Å². The van der Waals surface area contributed by atoms with Crippen molar-refractivity contribution in [1.82, 2.24) is 10.3 Å². The monoisotopic (exact) mass is 283 g/mol. The van der Waals surface area contributed by atoms with Crippen LogP contribution < -0.4 is 10.2 Å². The minimum Gasteiger partial charge on any atom is -0.381 e. The summed E-state index contributed by atoms with van der Waals surface area (Å²) in [6.45, 7) is 6.03. The summed E-state index contributed by atoms with van der Waals surface area (Å²) in [6, 6.07) is 0. The van der Waals surface area contributed by atoms with Gasteiger partial charge in [-0.1, -0.05) is 6.92 Å². The lowest BCUT2D eigenvalue weighted by Gasteiger charge is -2.26. The van der Waals surface area contributed by atoms with Crippen LogP contribution in [-0.2, 0) is 17.7 Å². The van der Waals surface area contributed by atoms with Gasteiger partial charge in [0.25, 0.3) is 0 Å². The van der Waals surface area contributed by atoms with Gasteiger partial charge in [0.1, 0.15) is 0 Å². The SMILES string of the molecule is CCc1nc(N(C)CC2CCOCC2)sc1CNC. The Hall–Kier alpha value is -0.650. The van der Waals surface area contributed by atoms with E-state index in [2.05, 4.69) is 24.2 Å². The van der Waals surface area contributed by atoms with Crippen molar-refractivity contribution in [2.75, 3.05) is 38.8 Å². The van der Waals surface area contributed by atoms with Crippen LogP contribution in [0.25, 0.3) is 0 Å². The Morgan fingerprint density at radius 2 is 2.16 bits per heavy atom. The van der Waals surface area contributed by atoms with Crippen molar-refractivity contribution in [3.05, 3.63) is 10.6 Å². The van der Waals surface area contributed by atoms with Crippen molar-refractivity contribution in [2.24, 2.45) is 5.92 Å². The molecule has 1 aromatic rings. The third-order valence-electron chi connectivity index (χ3n) is 3.64. The summed E-state index contributed by atoms with van der Waals surface area (Å²) in [6.07, 6.45) is 3.37. The van der Waals surface area contributed by atoms with E-state index in [0.29, 0.717) is 0 Å². The van der Waals surface area contributed by atoms with Crippen LogP contribution >= 0.6 is 11.3 Å². The highest BCUT2D eigenvalue weighted by Gasteiger charge is 2.18. The summed E-state index contributed by atoms with van der Waals surface area (Å²) in [5.41, 5.74) is 1.24. The van der Waals surface area contributed by atoms with E-state index in [0.717, 1.165) is 43.8 Å². The van der Waals surface area contributed by atoms with Crippen LogP contribution in [0.3, 0.4) is 0 Å². The molecule has 1 fully saturated rings. The first-order valence-corrected chi connectivity index (χ1v) is 7.98. The summed E-state index contributed by atoms with van der Waals surface area (Å²) in [5.74, 6) is 0.750. The number of anilines is 1. The molecule has 0 spiro atoms. The maximum absolute atomic E-state index is 5.42. The summed E-state index contributed by atoms with van der Waals surface area (Å²) in [5, 5.41) is 4.39. The van der Waals surface area contributed by atoms with Crippen molar-refractivity contribution < 1.29 is 4.74 Å². The lowest BCUT2D eigenvalue weighted by molar-refractivity contribution is 0.0685. The van der Waals surface area contributed by atoms with E-state index < -0.39 is 0 Å². The number of nitrogens with one attached hydrogen (secondary N) is 1. The van der Waals surface area contributed by atoms with Gasteiger partial charge in [-0.05, 0) is 32.2 Å². The normalized spacial score (nSPS) is 16.8. The van der Waals surface area contributed by atoms with Gasteiger partial charge in [0.05, 0.1) is 5.69 Å². The molecule has 1 saturated heterocycles. The van der Waals surface area contributed by atoms with E-state index in [-0.39, 0.29) is 0 Å². The smallest absolute Gasteiger partial charge is 0.185 e. The van der Waals surface area contributed by atoms with Crippen LogP contribution in [0.5, 0.6) is 0 Å². The highest BCUT2D eigenvalue weighted by Crippen LogP contribution is 2.27. The third-order valence-corrected chi connectivity index (χ3v) is 4.85. The second-order valence-electron chi connectivity index (χ2n) is 5.19. The van der Waals surface area contributed by atoms with Crippen molar-refractivity contribution >= 4 is 16.5 Å². The van der Waals surface area contributed by atoms with E-state index in [1.807, 2.05) is 18.4 Å². The first-order valence-electron chi connectivity index (χ1n) is 7.16. The van der Waals surface area contributed by atoms with Gasteiger partial charge in [-0.2, -0.15) is 0 Å². The van der Waals surface area contributed by atoms with Crippen LogP contribution in [0.1, 0.15) is 30.3 Å². The minimum atomic E-state index is 0.750. The number of ether oxygens (including phenoxy) is 1. The fraction of sp³-hybridized carbons (Fsp3) is 0.786. The zero-order valence-corrected chi connectivity index (χ0v) is 13.1. The van der Waals surface area contributed by atoms with E-state index >= 15 is 0 Å². The number of hydrogen-bond acceptors (Lipinski definition) is 5. The molecule has 0 atom stereocenters. The molecule has 0 bridgehead atoms. The number of hydrogen-bond donors (Lipinski definition) is 1. The van der Waals surface area contributed by atoms with Crippen LogP contribution in [0.4, 0.5) is 5.13 Å². The van der Waals surface area contributed by atoms with E-state index in [4.69, 9.17) is 9.72 Å². The van der Waals surface area contributed by atoms with Gasteiger partial charge in [-0.3, -0.25) is 0 Å². The second kappa shape index (κ2) is 7.22. The first kappa shape index (κ1) is 14.8. The summed E-state index contributed by atoms with van der Waals surface area (Å²) in [4.78, 5) is 8.48. The van der Waals surface area contributed by atoms with E-state index in [1.54, 1.807) is 0 Å². The predicted octanol–water partition coefficient (Wildman–Crippen LogP) is 2.29. The fourth-order valence-corrected chi connectivity index (χ4v) is 3.63. The molecule has 1 aliphatic heterocycles. The molecule has 0 amide bonds. The van der Waals surface area contributed by atoms with Crippen LogP contribution in [-0.4, -0.2) is 38.8 Å². The molecule has 0 aliphatic carbocycles.